The molecule has 1 unspecified atom stereocenters. The minimum Gasteiger partial charge on any atom is -0.493 e. The largest absolute Gasteiger partial charge is 0.493 e. The van der Waals surface area contributed by atoms with Gasteiger partial charge in [0.15, 0.2) is 0 Å². The van der Waals surface area contributed by atoms with Gasteiger partial charge in [-0.3, -0.25) is 0 Å². The number of ether oxygens (including phenoxy) is 2. The summed E-state index contributed by atoms with van der Waals surface area (Å²) in [4.78, 5) is 0. The van der Waals surface area contributed by atoms with Gasteiger partial charge in [0.25, 0.3) is 0 Å². The van der Waals surface area contributed by atoms with Gasteiger partial charge in [0, 0.05) is 18.8 Å². The van der Waals surface area contributed by atoms with Crippen molar-refractivity contribution in [3.8, 4) is 11.5 Å². The molecule has 24 heavy (non-hydrogen) atoms. The molecule has 3 nitrogen and oxygen atoms in total. The third-order valence-electron chi connectivity index (χ3n) is 5.17. The van der Waals surface area contributed by atoms with Crippen LogP contribution in [-0.2, 0) is 12.8 Å². The number of hydrogen-bond donors (Lipinski definition) is 1. The zero-order valence-electron chi connectivity index (χ0n) is 14.3. The monoisotopic (exact) mass is 324 g/mol. The van der Waals surface area contributed by atoms with E-state index in [1.54, 1.807) is 0 Å². The molecule has 0 aliphatic carbocycles. The van der Waals surface area contributed by atoms with E-state index in [4.69, 9.17) is 9.47 Å². The van der Waals surface area contributed by atoms with Crippen molar-refractivity contribution in [1.29, 1.82) is 0 Å². The maximum atomic E-state index is 10.9. The van der Waals surface area contributed by atoms with E-state index in [2.05, 4.69) is 38.1 Å². The highest BCUT2D eigenvalue weighted by molar-refractivity contribution is 5.47. The molecule has 0 amide bonds. The van der Waals surface area contributed by atoms with Crippen LogP contribution in [-0.4, -0.2) is 24.4 Å². The van der Waals surface area contributed by atoms with Gasteiger partial charge in [-0.25, -0.2) is 0 Å². The number of aliphatic hydroxyl groups excluding tert-OH is 1. The van der Waals surface area contributed by atoms with Crippen molar-refractivity contribution >= 4 is 0 Å². The average Bonchev–Trinajstić information content (AvgIpc) is 3.22. The third-order valence-corrected chi connectivity index (χ3v) is 5.17. The smallest absolute Gasteiger partial charge is 0.122 e. The van der Waals surface area contributed by atoms with Crippen molar-refractivity contribution in [2.45, 2.75) is 38.7 Å². The lowest BCUT2D eigenvalue weighted by atomic mass is 9.81. The van der Waals surface area contributed by atoms with Gasteiger partial charge in [-0.1, -0.05) is 38.1 Å². The molecule has 2 heterocycles. The maximum Gasteiger partial charge on any atom is 0.122 e. The van der Waals surface area contributed by atoms with Crippen LogP contribution in [0.15, 0.2) is 36.4 Å². The fraction of sp³-hybridized carbons (Fsp3) is 0.429. The van der Waals surface area contributed by atoms with Crippen LogP contribution in [0.25, 0.3) is 0 Å². The zero-order valence-corrected chi connectivity index (χ0v) is 14.3. The van der Waals surface area contributed by atoms with Crippen molar-refractivity contribution in [2.75, 3.05) is 13.2 Å². The normalized spacial score (nSPS) is 16.7. The van der Waals surface area contributed by atoms with Crippen molar-refractivity contribution in [3.05, 3.63) is 58.7 Å². The Hall–Kier alpha value is -2.00. The molecule has 4 rings (SSSR count). The summed E-state index contributed by atoms with van der Waals surface area (Å²) in [6.07, 6.45) is 1.47. The second kappa shape index (κ2) is 6.14. The van der Waals surface area contributed by atoms with E-state index in [-0.39, 0.29) is 11.8 Å². The van der Waals surface area contributed by atoms with Crippen molar-refractivity contribution in [2.24, 2.45) is 5.92 Å². The highest BCUT2D eigenvalue weighted by Crippen LogP contribution is 2.38. The van der Waals surface area contributed by atoms with Crippen molar-refractivity contribution in [3.63, 3.8) is 0 Å². The molecule has 2 aromatic carbocycles. The summed E-state index contributed by atoms with van der Waals surface area (Å²) in [5.74, 6) is 2.13. The Morgan fingerprint density at radius 2 is 1.33 bits per heavy atom. The van der Waals surface area contributed by atoms with Crippen molar-refractivity contribution in [1.82, 2.24) is 0 Å². The number of fused-ring (bicyclic) bond motifs is 2. The molecule has 1 N–H and O–H groups in total. The van der Waals surface area contributed by atoms with Crippen LogP contribution in [0.4, 0.5) is 0 Å². The van der Waals surface area contributed by atoms with Crippen LogP contribution < -0.4 is 9.47 Å². The predicted octanol–water partition coefficient (Wildman–Crippen LogP) is 3.71. The summed E-state index contributed by atoms with van der Waals surface area (Å²) < 4.78 is 11.3. The van der Waals surface area contributed by atoms with E-state index in [1.165, 1.54) is 22.3 Å². The summed E-state index contributed by atoms with van der Waals surface area (Å²) in [7, 11) is 0. The van der Waals surface area contributed by atoms with E-state index in [9.17, 15) is 5.11 Å². The average molecular weight is 324 g/mol. The van der Waals surface area contributed by atoms with Gasteiger partial charge < -0.3 is 14.6 Å². The minimum absolute atomic E-state index is 0.0261. The SMILES string of the molecule is CC(C)C(O)C(c1ccc2c(c1)CCO2)c1ccc2c(c1)CCO2. The van der Waals surface area contributed by atoms with Gasteiger partial charge >= 0.3 is 0 Å². The summed E-state index contributed by atoms with van der Waals surface area (Å²) in [5, 5.41) is 10.9. The van der Waals surface area contributed by atoms with Gasteiger partial charge in [-0.15, -0.1) is 0 Å². The summed E-state index contributed by atoms with van der Waals surface area (Å²) >= 11 is 0. The molecule has 0 fully saturated rings. The molecule has 0 radical (unpaired) electrons. The Kier molecular flexibility index (Phi) is 3.97. The summed E-state index contributed by atoms with van der Waals surface area (Å²) in [6, 6.07) is 12.7. The molecule has 3 heteroatoms. The molecule has 0 bridgehead atoms. The first kappa shape index (κ1) is 15.5. The molecule has 0 spiro atoms. The Labute approximate surface area is 143 Å². The van der Waals surface area contributed by atoms with Gasteiger partial charge in [0.2, 0.25) is 0 Å². The molecule has 2 aliphatic rings. The van der Waals surface area contributed by atoms with Gasteiger partial charge in [-0.05, 0) is 40.3 Å². The van der Waals surface area contributed by atoms with Gasteiger partial charge in [0.1, 0.15) is 11.5 Å². The van der Waals surface area contributed by atoms with E-state index in [0.29, 0.717) is 0 Å². The molecule has 2 aliphatic heterocycles. The molecule has 1 atom stereocenters. The first-order chi connectivity index (χ1) is 11.6. The lowest BCUT2D eigenvalue weighted by Gasteiger charge is -2.27. The van der Waals surface area contributed by atoms with Crippen molar-refractivity contribution < 1.29 is 14.6 Å². The van der Waals surface area contributed by atoms with E-state index in [0.717, 1.165) is 37.6 Å². The third kappa shape index (κ3) is 2.67. The van der Waals surface area contributed by atoms with Crippen LogP contribution in [0.1, 0.15) is 42.0 Å². The topological polar surface area (TPSA) is 38.7 Å². The highest BCUT2D eigenvalue weighted by Gasteiger charge is 2.28. The lowest BCUT2D eigenvalue weighted by molar-refractivity contribution is 0.108. The van der Waals surface area contributed by atoms with E-state index in [1.807, 2.05) is 12.1 Å². The lowest BCUT2D eigenvalue weighted by Crippen LogP contribution is -2.25. The Balaban J connectivity index is 1.77. The van der Waals surface area contributed by atoms with E-state index >= 15 is 0 Å². The molecule has 0 saturated carbocycles. The first-order valence-corrected chi connectivity index (χ1v) is 8.83. The molecule has 0 saturated heterocycles. The Morgan fingerprint density at radius 1 is 0.833 bits per heavy atom. The van der Waals surface area contributed by atoms with Crippen LogP contribution in [0, 0.1) is 5.92 Å². The molecular formula is C21H24O3. The second-order valence-electron chi connectivity index (χ2n) is 7.14. The maximum absolute atomic E-state index is 10.9. The zero-order chi connectivity index (χ0) is 16.7. The predicted molar refractivity (Wildman–Crippen MR) is 94.0 cm³/mol. The highest BCUT2D eigenvalue weighted by atomic mass is 16.5. The fourth-order valence-electron chi connectivity index (χ4n) is 3.77. The van der Waals surface area contributed by atoms with Gasteiger partial charge in [0.05, 0.1) is 19.3 Å². The fourth-order valence-corrected chi connectivity index (χ4v) is 3.77. The number of aliphatic hydroxyl groups is 1. The van der Waals surface area contributed by atoms with E-state index < -0.39 is 6.10 Å². The Morgan fingerprint density at radius 3 is 1.79 bits per heavy atom. The second-order valence-corrected chi connectivity index (χ2v) is 7.14. The molecule has 0 aromatic heterocycles. The number of benzene rings is 2. The Bertz CT molecular complexity index is 693. The minimum atomic E-state index is -0.425. The van der Waals surface area contributed by atoms with Gasteiger partial charge in [-0.2, -0.15) is 0 Å². The molecule has 2 aromatic rings. The van der Waals surface area contributed by atoms with Crippen LogP contribution in [0.3, 0.4) is 0 Å². The standard InChI is InChI=1S/C21H24O3/c1-13(2)21(22)20(16-3-5-18-14(11-16)7-9-23-18)17-4-6-19-15(12-17)8-10-24-19/h3-6,11-13,20-22H,7-10H2,1-2H3. The number of rotatable bonds is 4. The van der Waals surface area contributed by atoms with Crippen LogP contribution in [0.2, 0.25) is 0 Å². The molecular weight excluding hydrogens is 300 g/mol. The van der Waals surface area contributed by atoms with Crippen LogP contribution in [0.5, 0.6) is 11.5 Å². The van der Waals surface area contributed by atoms with Crippen LogP contribution >= 0.6 is 0 Å². The summed E-state index contributed by atoms with van der Waals surface area (Å²) in [6.45, 7) is 5.66. The molecule has 126 valence electrons. The first-order valence-electron chi connectivity index (χ1n) is 8.83. The summed E-state index contributed by atoms with van der Waals surface area (Å²) in [5.41, 5.74) is 4.83. The quantitative estimate of drug-likeness (QED) is 0.932. The number of hydrogen-bond acceptors (Lipinski definition) is 3.